The smallest absolute Gasteiger partial charge is 0.255 e. The number of amides is 2. The molecule has 6 nitrogen and oxygen atoms in total. The predicted molar refractivity (Wildman–Crippen MR) is 119 cm³/mol. The first-order valence-electron chi connectivity index (χ1n) is 10.8. The summed E-state index contributed by atoms with van der Waals surface area (Å²) >= 11 is 12.2. The van der Waals surface area contributed by atoms with Crippen molar-refractivity contribution in [1.29, 1.82) is 0 Å². The lowest BCUT2D eigenvalue weighted by molar-refractivity contribution is -0.129. The van der Waals surface area contributed by atoms with E-state index in [1.165, 1.54) is 12.8 Å². The fraction of sp³-hybridized carbons (Fsp3) is 0.636. The van der Waals surface area contributed by atoms with Crippen molar-refractivity contribution in [1.82, 2.24) is 15.1 Å². The first kappa shape index (κ1) is 23.3. The first-order chi connectivity index (χ1) is 14.5. The minimum atomic E-state index is -0.119. The van der Waals surface area contributed by atoms with Crippen molar-refractivity contribution in [2.24, 2.45) is 5.92 Å². The summed E-state index contributed by atoms with van der Waals surface area (Å²) in [6.07, 6.45) is 5.37. The van der Waals surface area contributed by atoms with Crippen molar-refractivity contribution in [2.75, 3.05) is 46.4 Å². The molecule has 1 atom stereocenters. The van der Waals surface area contributed by atoms with Crippen LogP contribution in [0.1, 0.15) is 42.5 Å². The van der Waals surface area contributed by atoms with Gasteiger partial charge in [-0.25, -0.2) is 0 Å². The molecule has 1 N–H and O–H groups in total. The average Bonchev–Trinajstić information content (AvgIpc) is 3.26. The zero-order valence-electron chi connectivity index (χ0n) is 17.5. The molecule has 2 aliphatic rings. The highest BCUT2D eigenvalue weighted by Crippen LogP contribution is 2.31. The summed E-state index contributed by atoms with van der Waals surface area (Å²) in [4.78, 5) is 30.0. The number of ether oxygens (including phenoxy) is 1. The Balaban J connectivity index is 1.60. The molecule has 0 aromatic heterocycles. The molecule has 1 aliphatic heterocycles. The van der Waals surface area contributed by atoms with Crippen LogP contribution < -0.4 is 5.32 Å². The average molecular weight is 456 g/mol. The molecule has 3 rings (SSSR count). The molecule has 1 saturated carbocycles. The Morgan fingerprint density at radius 1 is 1.17 bits per heavy atom. The summed E-state index contributed by atoms with van der Waals surface area (Å²) in [5.74, 6) is 0.414. The molecule has 2 amide bonds. The van der Waals surface area contributed by atoms with Crippen LogP contribution in [0, 0.1) is 5.92 Å². The number of carbonyl (C=O) groups is 2. The highest BCUT2D eigenvalue weighted by Gasteiger charge is 2.37. The number of carbonyl (C=O) groups excluding carboxylic acids is 2. The summed E-state index contributed by atoms with van der Waals surface area (Å²) < 4.78 is 5.07. The van der Waals surface area contributed by atoms with Gasteiger partial charge in [0.1, 0.15) is 0 Å². The number of hydrogen-bond acceptors (Lipinski definition) is 4. The standard InChI is InChI=1S/C22H31Cl2N3O3/c1-30-14-4-9-25-21(28)20(16-5-2-3-6-16)26-10-12-27(13-11-26)22(29)18-8-7-17(23)15-19(18)24/h7-8,15-16,20H,2-6,9-14H2,1H3,(H,25,28). The van der Waals surface area contributed by atoms with E-state index in [2.05, 4.69) is 10.2 Å². The van der Waals surface area contributed by atoms with E-state index < -0.39 is 0 Å². The van der Waals surface area contributed by atoms with E-state index in [9.17, 15) is 9.59 Å². The molecular formula is C22H31Cl2N3O3. The number of methoxy groups -OCH3 is 1. The van der Waals surface area contributed by atoms with Gasteiger partial charge in [-0.2, -0.15) is 0 Å². The molecule has 1 saturated heterocycles. The number of benzene rings is 1. The van der Waals surface area contributed by atoms with Gasteiger partial charge in [-0.05, 0) is 43.4 Å². The second-order valence-corrected chi connectivity index (χ2v) is 8.92. The van der Waals surface area contributed by atoms with Crippen LogP contribution in [0.3, 0.4) is 0 Å². The number of hydrogen-bond donors (Lipinski definition) is 1. The van der Waals surface area contributed by atoms with Gasteiger partial charge in [0.15, 0.2) is 0 Å². The van der Waals surface area contributed by atoms with Crippen molar-refractivity contribution < 1.29 is 14.3 Å². The molecule has 1 unspecified atom stereocenters. The Morgan fingerprint density at radius 2 is 1.87 bits per heavy atom. The number of halogens is 2. The summed E-state index contributed by atoms with van der Waals surface area (Å²) in [6, 6.07) is 4.83. The summed E-state index contributed by atoms with van der Waals surface area (Å²) in [5.41, 5.74) is 0.470. The maximum absolute atomic E-state index is 13.0. The van der Waals surface area contributed by atoms with Gasteiger partial charge in [0, 0.05) is 51.5 Å². The monoisotopic (exact) mass is 455 g/mol. The summed E-state index contributed by atoms with van der Waals surface area (Å²) in [7, 11) is 1.67. The predicted octanol–water partition coefficient (Wildman–Crippen LogP) is 3.46. The van der Waals surface area contributed by atoms with Crippen molar-refractivity contribution >= 4 is 35.0 Å². The van der Waals surface area contributed by atoms with E-state index >= 15 is 0 Å². The maximum Gasteiger partial charge on any atom is 0.255 e. The van der Waals surface area contributed by atoms with E-state index in [0.29, 0.717) is 60.9 Å². The second-order valence-electron chi connectivity index (χ2n) is 8.08. The number of nitrogens with zero attached hydrogens (tertiary/aromatic N) is 2. The molecule has 166 valence electrons. The van der Waals surface area contributed by atoms with Crippen molar-refractivity contribution in [3.8, 4) is 0 Å². The quantitative estimate of drug-likeness (QED) is 0.609. The SMILES string of the molecule is COCCCNC(=O)C(C1CCCC1)N1CCN(C(=O)c2ccc(Cl)cc2Cl)CC1. The van der Waals surface area contributed by atoms with Gasteiger partial charge in [0.05, 0.1) is 16.6 Å². The molecule has 1 aromatic rings. The Hall–Kier alpha value is -1.34. The molecule has 30 heavy (non-hydrogen) atoms. The fourth-order valence-corrected chi connectivity index (χ4v) is 5.01. The first-order valence-corrected chi connectivity index (χ1v) is 11.5. The van der Waals surface area contributed by atoms with Crippen LogP contribution in [0.15, 0.2) is 18.2 Å². The Morgan fingerprint density at radius 3 is 2.50 bits per heavy atom. The number of rotatable bonds is 8. The minimum Gasteiger partial charge on any atom is -0.385 e. The molecule has 0 radical (unpaired) electrons. The zero-order chi connectivity index (χ0) is 21.5. The van der Waals surface area contributed by atoms with Crippen LogP contribution in [0.25, 0.3) is 0 Å². The van der Waals surface area contributed by atoms with Crippen LogP contribution in [0.2, 0.25) is 10.0 Å². The number of nitrogens with one attached hydrogen (secondary N) is 1. The lowest BCUT2D eigenvalue weighted by Gasteiger charge is -2.40. The molecule has 1 aliphatic carbocycles. The van der Waals surface area contributed by atoms with Gasteiger partial charge in [-0.1, -0.05) is 36.0 Å². The van der Waals surface area contributed by atoms with Crippen LogP contribution in [-0.2, 0) is 9.53 Å². The van der Waals surface area contributed by atoms with Gasteiger partial charge in [-0.15, -0.1) is 0 Å². The molecule has 0 spiro atoms. The molecular weight excluding hydrogens is 425 g/mol. The van der Waals surface area contributed by atoms with Crippen molar-refractivity contribution in [3.05, 3.63) is 33.8 Å². The van der Waals surface area contributed by atoms with Crippen LogP contribution in [0.5, 0.6) is 0 Å². The molecule has 8 heteroatoms. The second kappa shape index (κ2) is 11.3. The Bertz CT molecular complexity index is 732. The summed E-state index contributed by atoms with van der Waals surface area (Å²) in [5, 5.41) is 3.97. The van der Waals surface area contributed by atoms with Gasteiger partial charge >= 0.3 is 0 Å². The van der Waals surface area contributed by atoms with E-state index in [1.807, 2.05) is 4.90 Å². The Kier molecular flexibility index (Phi) is 8.81. The third kappa shape index (κ3) is 5.88. The lowest BCUT2D eigenvalue weighted by Crippen LogP contribution is -2.58. The molecule has 0 bridgehead atoms. The lowest BCUT2D eigenvalue weighted by atomic mass is 9.95. The third-order valence-corrected chi connectivity index (χ3v) is 6.64. The topological polar surface area (TPSA) is 61.9 Å². The van der Waals surface area contributed by atoms with Gasteiger partial charge in [-0.3, -0.25) is 14.5 Å². The van der Waals surface area contributed by atoms with Gasteiger partial charge in [0.2, 0.25) is 5.91 Å². The van der Waals surface area contributed by atoms with Crippen molar-refractivity contribution in [3.63, 3.8) is 0 Å². The van der Waals surface area contributed by atoms with Gasteiger partial charge < -0.3 is 15.0 Å². The van der Waals surface area contributed by atoms with Gasteiger partial charge in [0.25, 0.3) is 5.91 Å². The van der Waals surface area contributed by atoms with Crippen LogP contribution >= 0.6 is 23.2 Å². The van der Waals surface area contributed by atoms with E-state index in [1.54, 1.807) is 25.3 Å². The van der Waals surface area contributed by atoms with Crippen LogP contribution in [-0.4, -0.2) is 74.1 Å². The highest BCUT2D eigenvalue weighted by molar-refractivity contribution is 6.36. The maximum atomic E-state index is 13.0. The fourth-order valence-electron chi connectivity index (χ4n) is 4.52. The molecule has 2 fully saturated rings. The number of piperazine rings is 1. The molecule has 1 heterocycles. The zero-order valence-corrected chi connectivity index (χ0v) is 19.1. The summed E-state index contributed by atoms with van der Waals surface area (Å²) in [6.45, 7) is 3.80. The molecule has 1 aromatic carbocycles. The normalized spacial score (nSPS) is 19.1. The highest BCUT2D eigenvalue weighted by atomic mass is 35.5. The minimum absolute atomic E-state index is 0.0854. The largest absolute Gasteiger partial charge is 0.385 e. The Labute approximate surface area is 188 Å². The third-order valence-electron chi connectivity index (χ3n) is 6.10. The van der Waals surface area contributed by atoms with E-state index in [4.69, 9.17) is 27.9 Å². The van der Waals surface area contributed by atoms with Crippen LogP contribution in [0.4, 0.5) is 0 Å². The van der Waals surface area contributed by atoms with E-state index in [-0.39, 0.29) is 17.9 Å². The van der Waals surface area contributed by atoms with Crippen molar-refractivity contribution in [2.45, 2.75) is 38.1 Å². The van der Waals surface area contributed by atoms with E-state index in [0.717, 1.165) is 19.3 Å².